The minimum Gasteiger partial charge on any atom is -0.318 e. The molecule has 4 fully saturated rings. The highest BCUT2D eigenvalue weighted by atomic mass is 14.7. The van der Waals surface area contributed by atoms with E-state index in [4.69, 9.17) is 12.2 Å². The Morgan fingerprint density at radius 3 is 2.24 bits per heavy atom. The van der Waals surface area contributed by atoms with Gasteiger partial charge in [0.25, 0.3) is 0 Å². The maximum absolute atomic E-state index is 6.04. The minimum atomic E-state index is -0.0292. The molecular weight excluding hydrogens is 206 g/mol. The van der Waals surface area contributed by atoms with E-state index >= 15 is 0 Å². The third kappa shape index (κ3) is 1.82. The molecule has 0 saturated heterocycles. The molecule has 0 amide bonds. The SMILES string of the molecule is C#CC(N)CC12CC3CC(C)(CC(C)(C3)C1)C2. The maximum Gasteiger partial charge on any atom is 0.0667 e. The first-order chi connectivity index (χ1) is 7.86. The molecule has 4 bridgehead atoms. The van der Waals surface area contributed by atoms with Gasteiger partial charge in [-0.15, -0.1) is 6.42 Å². The maximum atomic E-state index is 6.04. The molecule has 4 rings (SSSR count). The van der Waals surface area contributed by atoms with Crippen LogP contribution in [0.4, 0.5) is 0 Å². The van der Waals surface area contributed by atoms with Gasteiger partial charge in [-0.1, -0.05) is 19.8 Å². The quantitative estimate of drug-likeness (QED) is 0.725. The van der Waals surface area contributed by atoms with E-state index in [2.05, 4.69) is 19.8 Å². The fourth-order valence-electron chi connectivity index (χ4n) is 6.44. The van der Waals surface area contributed by atoms with E-state index in [1.165, 1.54) is 38.5 Å². The molecular formula is C16H25N. The predicted octanol–water partition coefficient (Wildman–Crippen LogP) is 3.33. The lowest BCUT2D eigenvalue weighted by atomic mass is 9.39. The smallest absolute Gasteiger partial charge is 0.0667 e. The van der Waals surface area contributed by atoms with Crippen molar-refractivity contribution in [2.45, 2.75) is 64.8 Å². The largest absolute Gasteiger partial charge is 0.318 e. The van der Waals surface area contributed by atoms with Crippen molar-refractivity contribution in [3.63, 3.8) is 0 Å². The normalized spacial score (nSPS) is 53.4. The van der Waals surface area contributed by atoms with Gasteiger partial charge in [0.15, 0.2) is 0 Å². The van der Waals surface area contributed by atoms with Gasteiger partial charge in [0.05, 0.1) is 6.04 Å². The Hall–Kier alpha value is -0.480. The molecule has 1 heteroatoms. The van der Waals surface area contributed by atoms with Gasteiger partial charge >= 0.3 is 0 Å². The van der Waals surface area contributed by atoms with Gasteiger partial charge < -0.3 is 5.73 Å². The first-order valence-corrected chi connectivity index (χ1v) is 7.08. The van der Waals surface area contributed by atoms with Crippen molar-refractivity contribution in [2.75, 3.05) is 0 Å². The molecule has 17 heavy (non-hydrogen) atoms. The van der Waals surface area contributed by atoms with Crippen LogP contribution in [0.1, 0.15) is 58.8 Å². The van der Waals surface area contributed by atoms with Crippen molar-refractivity contribution >= 4 is 0 Å². The Bertz CT molecular complexity index is 359. The summed E-state index contributed by atoms with van der Waals surface area (Å²) in [7, 11) is 0. The zero-order chi connectivity index (χ0) is 12.3. The van der Waals surface area contributed by atoms with E-state index in [1.807, 2.05) is 0 Å². The fourth-order valence-corrected chi connectivity index (χ4v) is 6.44. The molecule has 0 aliphatic heterocycles. The predicted molar refractivity (Wildman–Crippen MR) is 71.3 cm³/mol. The molecule has 0 aromatic rings. The van der Waals surface area contributed by atoms with Gasteiger partial charge in [-0.3, -0.25) is 0 Å². The van der Waals surface area contributed by atoms with Crippen LogP contribution in [0.25, 0.3) is 0 Å². The Morgan fingerprint density at radius 1 is 1.18 bits per heavy atom. The molecule has 4 aliphatic carbocycles. The van der Waals surface area contributed by atoms with Crippen molar-refractivity contribution in [3.8, 4) is 12.3 Å². The molecule has 4 saturated carbocycles. The van der Waals surface area contributed by atoms with Gasteiger partial charge in [0.2, 0.25) is 0 Å². The van der Waals surface area contributed by atoms with Gasteiger partial charge in [-0.05, 0) is 67.1 Å². The summed E-state index contributed by atoms with van der Waals surface area (Å²) in [6.07, 6.45) is 15.0. The lowest BCUT2D eigenvalue weighted by molar-refractivity contribution is -0.148. The Balaban J connectivity index is 1.90. The first-order valence-electron chi connectivity index (χ1n) is 7.08. The van der Waals surface area contributed by atoms with Crippen molar-refractivity contribution in [2.24, 2.45) is 27.9 Å². The Labute approximate surface area is 106 Å². The minimum absolute atomic E-state index is 0.0292. The van der Waals surface area contributed by atoms with Gasteiger partial charge in [0.1, 0.15) is 0 Å². The third-order valence-corrected chi connectivity index (χ3v) is 5.61. The van der Waals surface area contributed by atoms with E-state index < -0.39 is 0 Å². The van der Waals surface area contributed by atoms with Crippen LogP contribution in [0, 0.1) is 34.5 Å². The summed E-state index contributed by atoms with van der Waals surface area (Å²) in [4.78, 5) is 0. The van der Waals surface area contributed by atoms with Crippen molar-refractivity contribution in [3.05, 3.63) is 0 Å². The van der Waals surface area contributed by atoms with Gasteiger partial charge in [0, 0.05) is 0 Å². The topological polar surface area (TPSA) is 26.0 Å². The molecule has 3 atom stereocenters. The van der Waals surface area contributed by atoms with Crippen LogP contribution >= 0.6 is 0 Å². The second-order valence-electron chi connectivity index (χ2n) is 8.11. The molecule has 3 unspecified atom stereocenters. The molecule has 0 heterocycles. The number of hydrogen-bond acceptors (Lipinski definition) is 1. The van der Waals surface area contributed by atoms with Crippen molar-refractivity contribution < 1.29 is 0 Å². The van der Waals surface area contributed by atoms with E-state index in [9.17, 15) is 0 Å². The highest BCUT2D eigenvalue weighted by molar-refractivity contribution is 5.12. The molecule has 2 N–H and O–H groups in total. The Kier molecular flexibility index (Phi) is 2.25. The molecule has 0 aromatic heterocycles. The number of terminal acetylenes is 1. The van der Waals surface area contributed by atoms with Crippen LogP contribution in [0.5, 0.6) is 0 Å². The summed E-state index contributed by atoms with van der Waals surface area (Å²) < 4.78 is 0. The highest BCUT2D eigenvalue weighted by Crippen LogP contribution is 2.70. The lowest BCUT2D eigenvalue weighted by Gasteiger charge is -2.66. The molecule has 4 aliphatic rings. The van der Waals surface area contributed by atoms with Crippen LogP contribution in [-0.2, 0) is 0 Å². The van der Waals surface area contributed by atoms with Gasteiger partial charge in [-0.2, -0.15) is 0 Å². The van der Waals surface area contributed by atoms with Gasteiger partial charge in [-0.25, -0.2) is 0 Å². The molecule has 94 valence electrons. The number of rotatable bonds is 2. The Morgan fingerprint density at radius 2 is 1.76 bits per heavy atom. The van der Waals surface area contributed by atoms with Crippen LogP contribution in [0.3, 0.4) is 0 Å². The second kappa shape index (κ2) is 3.29. The fraction of sp³-hybridized carbons (Fsp3) is 0.875. The van der Waals surface area contributed by atoms with E-state index in [0.717, 1.165) is 12.3 Å². The summed E-state index contributed by atoms with van der Waals surface area (Å²) in [5.74, 6) is 3.69. The van der Waals surface area contributed by atoms with E-state index in [-0.39, 0.29) is 6.04 Å². The van der Waals surface area contributed by atoms with Crippen molar-refractivity contribution in [1.29, 1.82) is 0 Å². The highest BCUT2D eigenvalue weighted by Gasteiger charge is 2.59. The van der Waals surface area contributed by atoms with E-state index in [1.54, 1.807) is 0 Å². The zero-order valence-electron chi connectivity index (χ0n) is 11.3. The molecule has 0 radical (unpaired) electrons. The molecule has 1 nitrogen and oxygen atoms in total. The molecule has 0 spiro atoms. The second-order valence-corrected chi connectivity index (χ2v) is 8.11. The van der Waals surface area contributed by atoms with E-state index in [0.29, 0.717) is 16.2 Å². The summed E-state index contributed by atoms with van der Waals surface area (Å²) in [6.45, 7) is 5.01. The summed E-state index contributed by atoms with van der Waals surface area (Å²) >= 11 is 0. The third-order valence-electron chi connectivity index (χ3n) is 5.61. The van der Waals surface area contributed by atoms with Crippen molar-refractivity contribution in [1.82, 2.24) is 0 Å². The van der Waals surface area contributed by atoms with Crippen LogP contribution in [0.2, 0.25) is 0 Å². The summed E-state index contributed by atoms with van der Waals surface area (Å²) in [5, 5.41) is 0. The summed E-state index contributed by atoms with van der Waals surface area (Å²) in [6, 6.07) is -0.0292. The standard InChI is InChI=1S/C16H25N/c1-4-13(17)8-16-7-12-5-14(2,10-16)9-15(3,6-12)11-16/h1,12-13H,5-11,17H2,2-3H3. The number of nitrogens with two attached hydrogens (primary N) is 1. The number of hydrogen-bond donors (Lipinski definition) is 1. The van der Waals surface area contributed by atoms with Crippen LogP contribution in [-0.4, -0.2) is 6.04 Å². The van der Waals surface area contributed by atoms with Crippen LogP contribution < -0.4 is 5.73 Å². The average Bonchev–Trinajstić information content (AvgIpc) is 2.10. The monoisotopic (exact) mass is 231 g/mol. The lowest BCUT2D eigenvalue weighted by Crippen LogP contribution is -2.56. The molecule has 0 aromatic carbocycles. The first kappa shape index (κ1) is 11.6. The average molecular weight is 231 g/mol. The van der Waals surface area contributed by atoms with Crippen LogP contribution in [0.15, 0.2) is 0 Å². The zero-order valence-corrected chi connectivity index (χ0v) is 11.3. The summed E-state index contributed by atoms with van der Waals surface area (Å²) in [5.41, 5.74) is 7.70.